The van der Waals surface area contributed by atoms with Crippen molar-refractivity contribution in [2.45, 2.75) is 85.7 Å². The smallest absolute Gasteiger partial charge is 0.346 e. The van der Waals surface area contributed by atoms with Gasteiger partial charge in [-0.05, 0) is 12.8 Å². The van der Waals surface area contributed by atoms with Gasteiger partial charge in [0.2, 0.25) is 0 Å². The molecule has 22 heteroatoms. The second-order valence-corrected chi connectivity index (χ2v) is 7.89. The van der Waals surface area contributed by atoms with Crippen molar-refractivity contribution >= 4 is 11.8 Å². The molecule has 1 aliphatic rings. The first-order chi connectivity index (χ1) is 16.5. The van der Waals surface area contributed by atoms with E-state index >= 15 is 0 Å². The molecule has 0 aliphatic heterocycles. The Bertz CT molecular complexity index is 822. The van der Waals surface area contributed by atoms with Gasteiger partial charge in [-0.25, -0.2) is 0 Å². The van der Waals surface area contributed by atoms with Crippen LogP contribution in [0, 0.1) is 0 Å². The molecular weight excluding hydrogens is 594 g/mol. The number of carbonyl (C=O) groups is 2. The van der Waals surface area contributed by atoms with Crippen LogP contribution in [0.3, 0.4) is 0 Å². The summed E-state index contributed by atoms with van der Waals surface area (Å²) in [7, 11) is 0. The fourth-order valence-corrected chi connectivity index (χ4v) is 3.03. The number of rotatable bonds is 8. The van der Waals surface area contributed by atoms with E-state index in [2.05, 4.69) is 0 Å². The zero-order chi connectivity index (χ0) is 30.6. The Kier molecular flexibility index (Phi) is 8.61. The first kappa shape index (κ1) is 33.7. The van der Waals surface area contributed by atoms with Gasteiger partial charge in [-0.1, -0.05) is 12.8 Å². The van der Waals surface area contributed by atoms with Crippen molar-refractivity contribution in [1.82, 2.24) is 10.6 Å². The van der Waals surface area contributed by atoms with Crippen LogP contribution in [0.2, 0.25) is 0 Å². The van der Waals surface area contributed by atoms with Crippen molar-refractivity contribution in [3.8, 4) is 0 Å². The van der Waals surface area contributed by atoms with Gasteiger partial charge in [0.1, 0.15) is 0 Å². The zero-order valence-electron chi connectivity index (χ0n) is 17.6. The summed E-state index contributed by atoms with van der Waals surface area (Å²) >= 11 is 0. The van der Waals surface area contributed by atoms with E-state index in [9.17, 15) is 88.6 Å². The molecule has 0 saturated heterocycles. The lowest BCUT2D eigenvalue weighted by atomic mass is 9.89. The molecule has 38 heavy (non-hydrogen) atoms. The van der Waals surface area contributed by atoms with Gasteiger partial charge in [0.15, 0.2) is 0 Å². The standard InChI is InChI=1S/C16H12F18N2O2/c17-9(18,11(21,22)13(25,26)15(29,30)31)7(37)35-5-3-1-2-4-6(5)36-8(38)10(19,20)12(23,24)14(27,28)16(32,33)34/h5-6H,1-4H2,(H,35,37)(H,36,38)/t5-,6-/m1/s1. The van der Waals surface area contributed by atoms with Gasteiger partial charge in [0.05, 0.1) is 0 Å². The van der Waals surface area contributed by atoms with E-state index < -0.39 is 84.6 Å². The van der Waals surface area contributed by atoms with Gasteiger partial charge in [-0.3, -0.25) is 9.59 Å². The Morgan fingerprint density at radius 2 is 0.684 bits per heavy atom. The van der Waals surface area contributed by atoms with Gasteiger partial charge in [0, 0.05) is 12.1 Å². The van der Waals surface area contributed by atoms with Gasteiger partial charge < -0.3 is 10.6 Å². The van der Waals surface area contributed by atoms with Crippen molar-refractivity contribution < 1.29 is 88.6 Å². The quantitative estimate of drug-likeness (QED) is 0.361. The highest BCUT2D eigenvalue weighted by molar-refractivity contribution is 5.86. The van der Waals surface area contributed by atoms with E-state index in [-0.39, 0.29) is 12.8 Å². The largest absolute Gasteiger partial charge is 0.460 e. The molecule has 4 nitrogen and oxygen atoms in total. The summed E-state index contributed by atoms with van der Waals surface area (Å²) < 4.78 is 233. The minimum absolute atomic E-state index is 0.295. The van der Waals surface area contributed by atoms with Crippen LogP contribution in [0.15, 0.2) is 0 Å². The van der Waals surface area contributed by atoms with Crippen LogP contribution in [-0.2, 0) is 9.59 Å². The lowest BCUT2D eigenvalue weighted by Gasteiger charge is -2.38. The molecule has 0 aromatic carbocycles. The average Bonchev–Trinajstić information content (AvgIpc) is 2.72. The summed E-state index contributed by atoms with van der Waals surface area (Å²) in [4.78, 5) is 23.1. The first-order valence-corrected chi connectivity index (χ1v) is 9.54. The van der Waals surface area contributed by atoms with Crippen molar-refractivity contribution in [3.63, 3.8) is 0 Å². The monoisotopic (exact) mass is 606 g/mol. The number of hydrogen-bond acceptors (Lipinski definition) is 2. The third kappa shape index (κ3) is 5.26. The third-order valence-electron chi connectivity index (χ3n) is 5.26. The van der Waals surface area contributed by atoms with E-state index in [4.69, 9.17) is 0 Å². The SMILES string of the molecule is O=C(N[C@@H]1CCCC[C@H]1NC(=O)C(F)(F)C(F)(F)C(F)(F)C(F)(F)F)C(F)(F)C(F)(F)C(F)(F)C(F)(F)F. The molecule has 1 rings (SSSR count). The third-order valence-corrected chi connectivity index (χ3v) is 5.26. The molecule has 1 fully saturated rings. The molecule has 1 aliphatic carbocycles. The molecule has 0 aromatic heterocycles. The van der Waals surface area contributed by atoms with Crippen LogP contribution < -0.4 is 10.6 Å². The van der Waals surface area contributed by atoms with Crippen LogP contribution in [0.4, 0.5) is 79.0 Å². The number of hydrogen-bond donors (Lipinski definition) is 2. The maximum atomic E-state index is 13.7. The highest BCUT2D eigenvalue weighted by Gasteiger charge is 2.85. The fraction of sp³-hybridized carbons (Fsp3) is 0.875. The molecule has 2 N–H and O–H groups in total. The maximum Gasteiger partial charge on any atom is 0.460 e. The Morgan fingerprint density at radius 1 is 0.447 bits per heavy atom. The fourth-order valence-electron chi connectivity index (χ4n) is 3.03. The van der Waals surface area contributed by atoms with E-state index in [1.807, 2.05) is 0 Å². The van der Waals surface area contributed by atoms with E-state index in [0.29, 0.717) is 0 Å². The highest BCUT2D eigenvalue weighted by Crippen LogP contribution is 2.54. The summed E-state index contributed by atoms with van der Waals surface area (Å²) in [5.74, 6) is -50.9. The van der Waals surface area contributed by atoms with Crippen LogP contribution in [0.25, 0.3) is 0 Å². The molecule has 1 saturated carbocycles. The molecule has 0 heterocycles. The Labute approximate surface area is 198 Å². The molecule has 0 bridgehead atoms. The second-order valence-electron chi connectivity index (χ2n) is 7.89. The number of nitrogens with one attached hydrogen (secondary N) is 2. The van der Waals surface area contributed by atoms with E-state index in [1.165, 1.54) is 0 Å². The summed E-state index contributed by atoms with van der Waals surface area (Å²) in [5.41, 5.74) is 0. The van der Waals surface area contributed by atoms with E-state index in [1.54, 1.807) is 0 Å². The summed E-state index contributed by atoms with van der Waals surface area (Å²) in [6, 6.07) is -4.76. The zero-order valence-corrected chi connectivity index (χ0v) is 17.6. The number of alkyl halides is 18. The normalized spacial score (nSPS) is 21.2. The Morgan fingerprint density at radius 3 is 0.895 bits per heavy atom. The minimum atomic E-state index is -7.52. The van der Waals surface area contributed by atoms with E-state index in [0.717, 1.165) is 10.6 Å². The maximum absolute atomic E-state index is 13.7. The predicted molar refractivity (Wildman–Crippen MR) is 84.1 cm³/mol. The Hall–Kier alpha value is -2.32. The molecule has 2 amide bonds. The first-order valence-electron chi connectivity index (χ1n) is 9.54. The molecule has 224 valence electrons. The molecule has 0 unspecified atom stereocenters. The number of halogens is 18. The van der Waals surface area contributed by atoms with Gasteiger partial charge in [-0.15, -0.1) is 0 Å². The summed E-state index contributed by atoms with van der Waals surface area (Å²) in [6.07, 6.45) is -16.9. The topological polar surface area (TPSA) is 58.2 Å². The second kappa shape index (κ2) is 9.70. The number of carbonyl (C=O) groups excluding carboxylic acids is 2. The highest BCUT2D eigenvalue weighted by atomic mass is 19.4. The summed E-state index contributed by atoms with van der Waals surface area (Å²) in [5, 5.41) is 1.49. The lowest BCUT2D eigenvalue weighted by molar-refractivity contribution is -0.388. The minimum Gasteiger partial charge on any atom is -0.346 e. The lowest BCUT2D eigenvalue weighted by Crippen LogP contribution is -2.68. The van der Waals surface area contributed by atoms with Crippen LogP contribution in [-0.4, -0.2) is 71.8 Å². The molecule has 0 aromatic rings. The van der Waals surface area contributed by atoms with Crippen molar-refractivity contribution in [3.05, 3.63) is 0 Å². The van der Waals surface area contributed by atoms with Gasteiger partial charge in [0.25, 0.3) is 11.8 Å². The van der Waals surface area contributed by atoms with Gasteiger partial charge in [-0.2, -0.15) is 79.0 Å². The van der Waals surface area contributed by atoms with Crippen LogP contribution in [0.5, 0.6) is 0 Å². The molecule has 0 spiro atoms. The van der Waals surface area contributed by atoms with Crippen molar-refractivity contribution in [2.75, 3.05) is 0 Å². The summed E-state index contributed by atoms with van der Waals surface area (Å²) in [6.45, 7) is 0. The number of amides is 2. The van der Waals surface area contributed by atoms with Crippen LogP contribution in [0.1, 0.15) is 25.7 Å². The van der Waals surface area contributed by atoms with Gasteiger partial charge >= 0.3 is 47.9 Å². The predicted octanol–water partition coefficient (Wildman–Crippen LogP) is 5.47. The average molecular weight is 606 g/mol. The van der Waals surface area contributed by atoms with Crippen LogP contribution >= 0.6 is 0 Å². The molecule has 2 atom stereocenters. The van der Waals surface area contributed by atoms with Crippen molar-refractivity contribution in [2.24, 2.45) is 0 Å². The van der Waals surface area contributed by atoms with Crippen molar-refractivity contribution in [1.29, 1.82) is 0 Å². The molecular formula is C16H12F18N2O2. The molecule has 0 radical (unpaired) electrons. The Balaban J connectivity index is 3.23.